The minimum absolute atomic E-state index is 0.109. The van der Waals surface area contributed by atoms with Crippen molar-refractivity contribution in [1.29, 1.82) is 0 Å². The molecule has 0 radical (unpaired) electrons. The third kappa shape index (κ3) is 5.90. The van der Waals surface area contributed by atoms with Gasteiger partial charge in [0, 0.05) is 22.5 Å². The third-order valence-corrected chi connectivity index (χ3v) is 11.6. The van der Waals surface area contributed by atoms with Gasteiger partial charge < -0.3 is 4.90 Å². The van der Waals surface area contributed by atoms with Crippen molar-refractivity contribution in [2.75, 3.05) is 4.90 Å². The van der Waals surface area contributed by atoms with Crippen LogP contribution in [0, 0.1) is 0 Å². The van der Waals surface area contributed by atoms with Crippen molar-refractivity contribution in [3.05, 3.63) is 223 Å². The average molecular weight is 716 g/mol. The molecule has 56 heavy (non-hydrogen) atoms. The number of anilines is 3. The standard InChI is InChI=1S/C55H41N/c1-55(2)53-26-12-11-24-51(53)52-32-31-48(37-54(52)55)56(47-22-13-21-42(36-47)50-25-14-20-41-19-9-10-23-49(41)50)46-29-27-40(28-30-46)45-34-43(38-15-5-3-6-16-38)33-44(35-45)39-17-7-4-8-18-39/h3-37H,1-2H3. The Labute approximate surface area is 329 Å². The van der Waals surface area contributed by atoms with Crippen LogP contribution in [0.2, 0.25) is 0 Å². The topological polar surface area (TPSA) is 3.24 Å². The maximum atomic E-state index is 2.42. The van der Waals surface area contributed by atoms with E-state index in [2.05, 4.69) is 231 Å². The first kappa shape index (κ1) is 33.6. The maximum absolute atomic E-state index is 2.42. The molecule has 10 rings (SSSR count). The summed E-state index contributed by atoms with van der Waals surface area (Å²) >= 11 is 0. The van der Waals surface area contributed by atoms with E-state index < -0.39 is 0 Å². The zero-order chi connectivity index (χ0) is 37.6. The minimum Gasteiger partial charge on any atom is -0.310 e. The first-order chi connectivity index (χ1) is 27.5. The summed E-state index contributed by atoms with van der Waals surface area (Å²) in [7, 11) is 0. The molecule has 1 heteroatoms. The molecule has 0 spiro atoms. The molecule has 0 N–H and O–H groups in total. The molecule has 266 valence electrons. The van der Waals surface area contributed by atoms with Gasteiger partial charge in [0.15, 0.2) is 0 Å². The Balaban J connectivity index is 1.11. The van der Waals surface area contributed by atoms with Gasteiger partial charge in [0.2, 0.25) is 0 Å². The summed E-state index contributed by atoms with van der Waals surface area (Å²) in [5, 5.41) is 2.50. The smallest absolute Gasteiger partial charge is 0.0467 e. The van der Waals surface area contributed by atoms with Crippen molar-refractivity contribution in [3.8, 4) is 55.6 Å². The lowest BCUT2D eigenvalue weighted by atomic mass is 9.82. The molecular weight excluding hydrogens is 675 g/mol. The molecule has 0 heterocycles. The number of nitrogens with zero attached hydrogens (tertiary/aromatic N) is 1. The van der Waals surface area contributed by atoms with E-state index >= 15 is 0 Å². The number of fused-ring (bicyclic) bond motifs is 4. The van der Waals surface area contributed by atoms with Crippen molar-refractivity contribution in [1.82, 2.24) is 0 Å². The minimum atomic E-state index is -0.109. The highest BCUT2D eigenvalue weighted by atomic mass is 15.1. The van der Waals surface area contributed by atoms with E-state index in [0.29, 0.717) is 0 Å². The molecule has 1 nitrogen and oxygen atoms in total. The second-order valence-electron chi connectivity index (χ2n) is 15.4. The zero-order valence-electron chi connectivity index (χ0n) is 31.7. The van der Waals surface area contributed by atoms with Gasteiger partial charge in [0.25, 0.3) is 0 Å². The molecule has 9 aromatic carbocycles. The Hall–Kier alpha value is -6.96. The number of hydrogen-bond acceptors (Lipinski definition) is 1. The summed E-state index contributed by atoms with van der Waals surface area (Å²) in [5.74, 6) is 0. The zero-order valence-corrected chi connectivity index (χ0v) is 31.7. The van der Waals surface area contributed by atoms with Crippen LogP contribution in [0.15, 0.2) is 212 Å². The van der Waals surface area contributed by atoms with Crippen LogP contribution in [-0.2, 0) is 5.41 Å². The first-order valence-electron chi connectivity index (χ1n) is 19.5. The van der Waals surface area contributed by atoms with Crippen LogP contribution in [0.3, 0.4) is 0 Å². The van der Waals surface area contributed by atoms with Crippen LogP contribution in [0.4, 0.5) is 17.1 Å². The van der Waals surface area contributed by atoms with Crippen molar-refractivity contribution in [2.24, 2.45) is 0 Å². The van der Waals surface area contributed by atoms with Gasteiger partial charge >= 0.3 is 0 Å². The molecule has 0 bridgehead atoms. The van der Waals surface area contributed by atoms with Gasteiger partial charge in [-0.3, -0.25) is 0 Å². The van der Waals surface area contributed by atoms with Crippen LogP contribution in [-0.4, -0.2) is 0 Å². The molecule has 0 fully saturated rings. The fraction of sp³-hybridized carbons (Fsp3) is 0.0545. The summed E-state index contributed by atoms with van der Waals surface area (Å²) in [6.45, 7) is 4.71. The van der Waals surface area contributed by atoms with Gasteiger partial charge in [-0.1, -0.05) is 172 Å². The molecule has 1 aliphatic carbocycles. The van der Waals surface area contributed by atoms with Crippen LogP contribution in [0.25, 0.3) is 66.4 Å². The summed E-state index contributed by atoms with van der Waals surface area (Å²) in [5.41, 5.74) is 18.3. The summed E-state index contributed by atoms with van der Waals surface area (Å²) in [6, 6.07) is 77.6. The highest BCUT2D eigenvalue weighted by molar-refractivity contribution is 5.97. The average Bonchev–Trinajstić information content (AvgIpc) is 3.49. The Morgan fingerprint density at radius 3 is 1.52 bits per heavy atom. The quantitative estimate of drug-likeness (QED) is 0.159. The van der Waals surface area contributed by atoms with E-state index in [1.807, 2.05) is 0 Å². The lowest BCUT2D eigenvalue weighted by Crippen LogP contribution is -2.16. The molecule has 1 aliphatic rings. The van der Waals surface area contributed by atoms with Crippen molar-refractivity contribution in [2.45, 2.75) is 19.3 Å². The SMILES string of the molecule is CC1(C)c2ccccc2-c2ccc(N(c3ccc(-c4cc(-c5ccccc5)cc(-c5ccccc5)c4)cc3)c3cccc(-c4cccc5ccccc45)c3)cc21. The summed E-state index contributed by atoms with van der Waals surface area (Å²) in [6.07, 6.45) is 0. The van der Waals surface area contributed by atoms with E-state index in [9.17, 15) is 0 Å². The Kier molecular flexibility index (Phi) is 8.23. The predicted octanol–water partition coefficient (Wildman–Crippen LogP) is 15.3. The highest BCUT2D eigenvalue weighted by Crippen LogP contribution is 2.51. The second-order valence-corrected chi connectivity index (χ2v) is 15.4. The van der Waals surface area contributed by atoms with E-state index in [1.165, 1.54) is 77.5 Å². The maximum Gasteiger partial charge on any atom is 0.0467 e. The van der Waals surface area contributed by atoms with Gasteiger partial charge in [-0.25, -0.2) is 0 Å². The molecule has 0 aliphatic heterocycles. The predicted molar refractivity (Wildman–Crippen MR) is 238 cm³/mol. The lowest BCUT2D eigenvalue weighted by Gasteiger charge is -2.28. The lowest BCUT2D eigenvalue weighted by molar-refractivity contribution is 0.660. The van der Waals surface area contributed by atoms with Crippen molar-refractivity contribution >= 4 is 27.8 Å². The van der Waals surface area contributed by atoms with E-state index in [1.54, 1.807) is 0 Å². The molecular formula is C55H41N. The molecule has 0 unspecified atom stereocenters. The molecule has 0 saturated carbocycles. The monoisotopic (exact) mass is 715 g/mol. The number of benzene rings is 9. The fourth-order valence-corrected chi connectivity index (χ4v) is 8.76. The van der Waals surface area contributed by atoms with Crippen LogP contribution in [0.1, 0.15) is 25.0 Å². The Morgan fingerprint density at radius 1 is 0.304 bits per heavy atom. The molecule has 0 amide bonds. The Bertz CT molecular complexity index is 2800. The van der Waals surface area contributed by atoms with E-state index in [0.717, 1.165) is 17.1 Å². The van der Waals surface area contributed by atoms with Gasteiger partial charge in [0.05, 0.1) is 0 Å². The van der Waals surface area contributed by atoms with Crippen molar-refractivity contribution in [3.63, 3.8) is 0 Å². The largest absolute Gasteiger partial charge is 0.310 e. The summed E-state index contributed by atoms with van der Waals surface area (Å²) < 4.78 is 0. The van der Waals surface area contributed by atoms with E-state index in [-0.39, 0.29) is 5.41 Å². The normalized spacial score (nSPS) is 12.6. The van der Waals surface area contributed by atoms with E-state index in [4.69, 9.17) is 0 Å². The summed E-state index contributed by atoms with van der Waals surface area (Å²) in [4.78, 5) is 2.42. The fourth-order valence-electron chi connectivity index (χ4n) is 8.76. The van der Waals surface area contributed by atoms with Gasteiger partial charge in [0.1, 0.15) is 0 Å². The Morgan fingerprint density at radius 2 is 0.804 bits per heavy atom. The molecule has 0 atom stereocenters. The molecule has 0 aromatic heterocycles. The van der Waals surface area contributed by atoms with Gasteiger partial charge in [-0.15, -0.1) is 0 Å². The van der Waals surface area contributed by atoms with Crippen LogP contribution < -0.4 is 4.90 Å². The first-order valence-corrected chi connectivity index (χ1v) is 19.5. The molecule has 0 saturated heterocycles. The molecule has 9 aromatic rings. The number of rotatable bonds is 7. The van der Waals surface area contributed by atoms with Crippen LogP contribution in [0.5, 0.6) is 0 Å². The third-order valence-electron chi connectivity index (χ3n) is 11.6. The van der Waals surface area contributed by atoms with Crippen molar-refractivity contribution < 1.29 is 0 Å². The number of hydrogen-bond donors (Lipinski definition) is 0. The van der Waals surface area contributed by atoms with Gasteiger partial charge in [-0.2, -0.15) is 0 Å². The second kappa shape index (κ2) is 13.7. The van der Waals surface area contributed by atoms with Gasteiger partial charge in [-0.05, 0) is 132 Å². The van der Waals surface area contributed by atoms with Crippen LogP contribution >= 0.6 is 0 Å². The highest BCUT2D eigenvalue weighted by Gasteiger charge is 2.35.